The minimum absolute atomic E-state index is 0.177. The normalized spacial score (nSPS) is 10.7. The highest BCUT2D eigenvalue weighted by Gasteiger charge is 2.12. The highest BCUT2D eigenvalue weighted by atomic mass is 32.1. The molecule has 2 aromatic carbocycles. The number of thiazole rings is 1. The molecule has 0 atom stereocenters. The molecule has 3 aromatic rings. The maximum absolute atomic E-state index is 11.2. The summed E-state index contributed by atoms with van der Waals surface area (Å²) in [5.41, 5.74) is 2.00. The summed E-state index contributed by atoms with van der Waals surface area (Å²) in [6.45, 7) is 2.12. The number of fused-ring (bicyclic) bond motifs is 1. The third-order valence-electron chi connectivity index (χ3n) is 3.05. The largest absolute Gasteiger partial charge is 0.486 e. The number of hydrogen-bond donors (Lipinski definition) is 1. The Bertz CT molecular complexity index is 777. The summed E-state index contributed by atoms with van der Waals surface area (Å²) in [7, 11) is 0. The SMILES string of the molecule is Cc1ccc(OCc2nc3ccccc3s2)c(C(=O)O)c1. The number of ether oxygens (including phenoxy) is 1. The molecule has 0 aliphatic rings. The molecule has 0 saturated heterocycles. The summed E-state index contributed by atoms with van der Waals surface area (Å²) in [6.07, 6.45) is 0. The Hall–Kier alpha value is -2.40. The molecule has 0 amide bonds. The highest BCUT2D eigenvalue weighted by molar-refractivity contribution is 7.18. The van der Waals surface area contributed by atoms with Gasteiger partial charge in [-0.2, -0.15) is 0 Å². The number of aromatic nitrogens is 1. The molecule has 0 spiro atoms. The minimum Gasteiger partial charge on any atom is -0.486 e. The van der Waals surface area contributed by atoms with E-state index in [1.807, 2.05) is 37.3 Å². The Morgan fingerprint density at radius 3 is 2.86 bits per heavy atom. The minimum atomic E-state index is -0.988. The van der Waals surface area contributed by atoms with Gasteiger partial charge >= 0.3 is 5.97 Å². The molecular weight excluding hydrogens is 286 g/mol. The molecule has 21 heavy (non-hydrogen) atoms. The monoisotopic (exact) mass is 299 g/mol. The molecule has 0 fully saturated rings. The van der Waals surface area contributed by atoms with Gasteiger partial charge in [0.05, 0.1) is 10.2 Å². The number of aromatic carboxylic acids is 1. The van der Waals surface area contributed by atoms with Crippen molar-refractivity contribution in [2.24, 2.45) is 0 Å². The first-order valence-electron chi connectivity index (χ1n) is 6.44. The molecule has 1 N–H and O–H groups in total. The van der Waals surface area contributed by atoms with E-state index in [0.29, 0.717) is 5.75 Å². The zero-order valence-electron chi connectivity index (χ0n) is 11.4. The lowest BCUT2D eigenvalue weighted by molar-refractivity contribution is 0.0691. The first kappa shape index (κ1) is 13.6. The van der Waals surface area contributed by atoms with Gasteiger partial charge < -0.3 is 9.84 Å². The van der Waals surface area contributed by atoms with Gasteiger partial charge in [0.1, 0.15) is 22.9 Å². The first-order valence-corrected chi connectivity index (χ1v) is 7.26. The van der Waals surface area contributed by atoms with Crippen molar-refractivity contribution in [2.75, 3.05) is 0 Å². The van der Waals surface area contributed by atoms with Crippen LogP contribution < -0.4 is 4.74 Å². The number of carboxylic acids is 1. The van der Waals surface area contributed by atoms with E-state index in [-0.39, 0.29) is 12.2 Å². The van der Waals surface area contributed by atoms with E-state index in [1.165, 1.54) is 0 Å². The smallest absolute Gasteiger partial charge is 0.339 e. The molecule has 106 valence electrons. The molecule has 0 saturated carbocycles. The van der Waals surface area contributed by atoms with Gasteiger partial charge in [-0.3, -0.25) is 0 Å². The number of benzene rings is 2. The highest BCUT2D eigenvalue weighted by Crippen LogP contribution is 2.25. The fraction of sp³-hybridized carbons (Fsp3) is 0.125. The molecule has 0 radical (unpaired) electrons. The second-order valence-electron chi connectivity index (χ2n) is 4.67. The fourth-order valence-corrected chi connectivity index (χ4v) is 2.94. The summed E-state index contributed by atoms with van der Waals surface area (Å²) in [5, 5.41) is 10.0. The Balaban J connectivity index is 1.83. The van der Waals surface area contributed by atoms with Gasteiger partial charge in [0.25, 0.3) is 0 Å². The van der Waals surface area contributed by atoms with E-state index < -0.39 is 5.97 Å². The molecule has 0 aliphatic carbocycles. The maximum Gasteiger partial charge on any atom is 0.339 e. The Morgan fingerprint density at radius 1 is 1.29 bits per heavy atom. The van der Waals surface area contributed by atoms with Crippen molar-refractivity contribution < 1.29 is 14.6 Å². The van der Waals surface area contributed by atoms with Crippen LogP contribution in [0.2, 0.25) is 0 Å². The third-order valence-corrected chi connectivity index (χ3v) is 4.06. The zero-order chi connectivity index (χ0) is 14.8. The van der Waals surface area contributed by atoms with Gasteiger partial charge in [0, 0.05) is 0 Å². The van der Waals surface area contributed by atoms with Gasteiger partial charge in [0.15, 0.2) is 0 Å². The lowest BCUT2D eigenvalue weighted by Gasteiger charge is -2.08. The molecule has 0 unspecified atom stereocenters. The third kappa shape index (κ3) is 2.87. The summed E-state index contributed by atoms with van der Waals surface area (Å²) in [6, 6.07) is 13.0. The topological polar surface area (TPSA) is 59.4 Å². The molecule has 0 aliphatic heterocycles. The zero-order valence-corrected chi connectivity index (χ0v) is 12.2. The van der Waals surface area contributed by atoms with E-state index in [0.717, 1.165) is 20.8 Å². The van der Waals surface area contributed by atoms with Crippen molar-refractivity contribution in [3.63, 3.8) is 0 Å². The van der Waals surface area contributed by atoms with Crippen LogP contribution in [0.1, 0.15) is 20.9 Å². The second kappa shape index (κ2) is 5.54. The van der Waals surface area contributed by atoms with Crippen molar-refractivity contribution >= 4 is 27.5 Å². The van der Waals surface area contributed by atoms with E-state index in [9.17, 15) is 9.90 Å². The van der Waals surface area contributed by atoms with Crippen molar-refractivity contribution in [3.05, 3.63) is 58.6 Å². The van der Waals surface area contributed by atoms with Crippen LogP contribution in [0.5, 0.6) is 5.75 Å². The van der Waals surface area contributed by atoms with Crippen LogP contribution in [0.3, 0.4) is 0 Å². The van der Waals surface area contributed by atoms with Gasteiger partial charge in [-0.15, -0.1) is 11.3 Å². The second-order valence-corrected chi connectivity index (χ2v) is 5.78. The number of para-hydroxylation sites is 1. The standard InChI is InChI=1S/C16H13NO3S/c1-10-6-7-13(11(8-10)16(18)19)20-9-15-17-12-4-2-3-5-14(12)21-15/h2-8H,9H2,1H3,(H,18,19). The summed E-state index contributed by atoms with van der Waals surface area (Å²) < 4.78 is 6.73. The van der Waals surface area contributed by atoms with Crippen molar-refractivity contribution in [1.82, 2.24) is 4.98 Å². The fourth-order valence-electron chi connectivity index (χ4n) is 2.06. The van der Waals surface area contributed by atoms with Gasteiger partial charge in [-0.1, -0.05) is 23.8 Å². The van der Waals surface area contributed by atoms with E-state index in [2.05, 4.69) is 4.98 Å². The number of nitrogens with zero attached hydrogens (tertiary/aromatic N) is 1. The van der Waals surface area contributed by atoms with Crippen molar-refractivity contribution in [2.45, 2.75) is 13.5 Å². The predicted octanol–water partition coefficient (Wildman–Crippen LogP) is 3.88. The maximum atomic E-state index is 11.2. The van der Waals surface area contributed by atoms with Crippen molar-refractivity contribution in [3.8, 4) is 5.75 Å². The Morgan fingerprint density at radius 2 is 2.10 bits per heavy atom. The van der Waals surface area contributed by atoms with E-state index in [1.54, 1.807) is 23.5 Å². The van der Waals surface area contributed by atoms with Crippen molar-refractivity contribution in [1.29, 1.82) is 0 Å². The van der Waals surface area contributed by atoms with Crippen LogP contribution >= 0.6 is 11.3 Å². The van der Waals surface area contributed by atoms with Crippen LogP contribution in [0.4, 0.5) is 0 Å². The lowest BCUT2D eigenvalue weighted by atomic mass is 10.1. The number of aryl methyl sites for hydroxylation is 1. The van der Waals surface area contributed by atoms with Crippen LogP contribution in [0, 0.1) is 6.92 Å². The van der Waals surface area contributed by atoms with Gasteiger partial charge in [-0.05, 0) is 31.2 Å². The predicted molar refractivity (Wildman–Crippen MR) is 82.1 cm³/mol. The lowest BCUT2D eigenvalue weighted by Crippen LogP contribution is -2.03. The van der Waals surface area contributed by atoms with Crippen LogP contribution in [0.25, 0.3) is 10.2 Å². The Kier molecular flexibility index (Phi) is 3.58. The quantitative estimate of drug-likeness (QED) is 0.794. The average Bonchev–Trinajstić information content (AvgIpc) is 2.88. The van der Waals surface area contributed by atoms with Crippen LogP contribution in [-0.2, 0) is 6.61 Å². The average molecular weight is 299 g/mol. The number of rotatable bonds is 4. The molecule has 0 bridgehead atoms. The van der Waals surface area contributed by atoms with E-state index >= 15 is 0 Å². The summed E-state index contributed by atoms with van der Waals surface area (Å²) >= 11 is 1.55. The molecule has 1 aromatic heterocycles. The first-order chi connectivity index (χ1) is 10.1. The molecule has 1 heterocycles. The number of hydrogen-bond acceptors (Lipinski definition) is 4. The molecule has 3 rings (SSSR count). The van der Waals surface area contributed by atoms with Crippen LogP contribution in [-0.4, -0.2) is 16.1 Å². The number of carboxylic acid groups (broad SMARTS) is 1. The Labute approximate surface area is 125 Å². The molecule has 4 nitrogen and oxygen atoms in total. The molecule has 5 heteroatoms. The van der Waals surface area contributed by atoms with Gasteiger partial charge in [-0.25, -0.2) is 9.78 Å². The molecular formula is C16H13NO3S. The van der Waals surface area contributed by atoms with E-state index in [4.69, 9.17) is 4.74 Å². The number of carbonyl (C=O) groups is 1. The van der Waals surface area contributed by atoms with Gasteiger partial charge in [0.2, 0.25) is 0 Å². The summed E-state index contributed by atoms with van der Waals surface area (Å²) in [4.78, 5) is 15.7. The van der Waals surface area contributed by atoms with Crippen LogP contribution in [0.15, 0.2) is 42.5 Å². The summed E-state index contributed by atoms with van der Waals surface area (Å²) in [5.74, 6) is -0.620.